The first-order chi connectivity index (χ1) is 14.0. The van der Waals surface area contributed by atoms with Crippen LogP contribution in [0.3, 0.4) is 0 Å². The van der Waals surface area contributed by atoms with Crippen molar-refractivity contribution in [2.45, 2.75) is 13.3 Å². The lowest BCUT2D eigenvalue weighted by Crippen LogP contribution is -2.27. The lowest BCUT2D eigenvalue weighted by atomic mass is 10.1. The summed E-state index contributed by atoms with van der Waals surface area (Å²) in [5, 5.41) is 10.3. The number of hydrogen-bond donors (Lipinski definition) is 1. The summed E-state index contributed by atoms with van der Waals surface area (Å²) in [6, 6.07) is 19.9. The SMILES string of the molecule is C=CCC(C(=C)P1(=N)N(c2ccccc2)CCN1c1ccccc1)C(=O)OCC. The third kappa shape index (κ3) is 4.01. The fraction of sp³-hybridized carbons (Fsp3) is 0.261. The molecule has 1 heterocycles. The number of rotatable bonds is 8. The molecule has 29 heavy (non-hydrogen) atoms. The summed E-state index contributed by atoms with van der Waals surface area (Å²) in [7, 11) is -2.86. The molecule has 1 saturated heterocycles. The van der Waals surface area contributed by atoms with E-state index in [0.29, 0.717) is 31.4 Å². The number of allylic oxidation sites excluding steroid dienone is 1. The van der Waals surface area contributed by atoms with Crippen molar-refractivity contribution in [1.82, 2.24) is 0 Å². The van der Waals surface area contributed by atoms with Crippen LogP contribution < -0.4 is 9.34 Å². The van der Waals surface area contributed by atoms with E-state index in [1.54, 1.807) is 13.0 Å². The average Bonchev–Trinajstić information content (AvgIpc) is 3.11. The lowest BCUT2D eigenvalue weighted by Gasteiger charge is -2.39. The van der Waals surface area contributed by atoms with Gasteiger partial charge in [-0.1, -0.05) is 49.1 Å². The second kappa shape index (κ2) is 9.15. The third-order valence-corrected chi connectivity index (χ3v) is 8.48. The molecule has 0 spiro atoms. The summed E-state index contributed by atoms with van der Waals surface area (Å²) < 4.78 is 9.53. The Balaban J connectivity index is 2.09. The van der Waals surface area contributed by atoms with Gasteiger partial charge >= 0.3 is 5.97 Å². The fourth-order valence-corrected chi connectivity index (χ4v) is 6.93. The van der Waals surface area contributed by atoms with E-state index >= 15 is 0 Å². The summed E-state index contributed by atoms with van der Waals surface area (Å²) >= 11 is 0. The second-order valence-electron chi connectivity index (χ2n) is 6.84. The van der Waals surface area contributed by atoms with Gasteiger partial charge in [0.2, 0.25) is 0 Å². The van der Waals surface area contributed by atoms with Crippen molar-refractivity contribution in [3.05, 3.63) is 85.2 Å². The number of esters is 1. The molecule has 5 nitrogen and oxygen atoms in total. The highest BCUT2D eigenvalue weighted by Crippen LogP contribution is 2.67. The van der Waals surface area contributed by atoms with Crippen molar-refractivity contribution in [2.75, 3.05) is 29.0 Å². The summed E-state index contributed by atoms with van der Waals surface area (Å²) in [6.07, 6.45) is 2.11. The Labute approximate surface area is 173 Å². The van der Waals surface area contributed by atoms with E-state index < -0.39 is 13.3 Å². The van der Waals surface area contributed by atoms with Gasteiger partial charge in [0.25, 0.3) is 0 Å². The molecular weight excluding hydrogens is 381 g/mol. The van der Waals surface area contributed by atoms with E-state index in [1.165, 1.54) is 0 Å². The molecule has 1 fully saturated rings. The van der Waals surface area contributed by atoms with E-state index in [9.17, 15) is 9.96 Å². The number of nitrogens with zero attached hydrogens (tertiary/aromatic N) is 2. The number of nitrogens with one attached hydrogen (secondary N) is 1. The first-order valence-corrected chi connectivity index (χ1v) is 11.5. The standard InChI is InChI=1S/C23H28N3O2P/c1-4-12-22(23(27)28-5-2)19(3)29(24)25(20-13-8-6-9-14-20)17-18-26(29)21-15-10-7-11-16-21/h4,6-11,13-16,22,24H,1,3,5,12,17-18H2,2H3. The van der Waals surface area contributed by atoms with Crippen LogP contribution in [0.5, 0.6) is 0 Å². The Kier molecular flexibility index (Phi) is 6.60. The molecule has 0 aromatic heterocycles. The average molecular weight is 409 g/mol. The van der Waals surface area contributed by atoms with Crippen LogP contribution in [0.15, 0.2) is 85.2 Å². The highest BCUT2D eigenvalue weighted by Gasteiger charge is 2.45. The molecule has 1 aliphatic rings. The van der Waals surface area contributed by atoms with E-state index in [0.717, 1.165) is 11.4 Å². The Bertz CT molecular complexity index is 863. The highest BCUT2D eigenvalue weighted by molar-refractivity contribution is 7.72. The minimum Gasteiger partial charge on any atom is -0.466 e. The highest BCUT2D eigenvalue weighted by atomic mass is 31.2. The number of anilines is 2. The smallest absolute Gasteiger partial charge is 0.313 e. The van der Waals surface area contributed by atoms with Crippen molar-refractivity contribution < 1.29 is 9.53 Å². The van der Waals surface area contributed by atoms with E-state index in [2.05, 4.69) is 22.5 Å². The largest absolute Gasteiger partial charge is 0.466 e. The summed E-state index contributed by atoms with van der Waals surface area (Å²) in [5.74, 6) is -0.925. The van der Waals surface area contributed by atoms with Gasteiger partial charge in [0, 0.05) is 29.8 Å². The first-order valence-electron chi connectivity index (χ1n) is 9.81. The van der Waals surface area contributed by atoms with Gasteiger partial charge in [-0.25, -0.2) is 0 Å². The number of carbonyl (C=O) groups excluding carboxylic acids is 1. The molecule has 2 aromatic rings. The minimum atomic E-state index is -2.86. The molecule has 1 N–H and O–H groups in total. The Morgan fingerprint density at radius 1 is 1.10 bits per heavy atom. The number of ether oxygens (including phenoxy) is 1. The summed E-state index contributed by atoms with van der Waals surface area (Å²) in [5.41, 5.74) is 1.94. The zero-order chi connectivity index (χ0) is 20.9. The summed E-state index contributed by atoms with van der Waals surface area (Å²) in [4.78, 5) is 12.7. The molecule has 0 amide bonds. The predicted octanol–water partition coefficient (Wildman–Crippen LogP) is 5.89. The topological polar surface area (TPSA) is 56.6 Å². The Morgan fingerprint density at radius 3 is 2.00 bits per heavy atom. The minimum absolute atomic E-state index is 0.300. The van der Waals surface area contributed by atoms with Gasteiger partial charge < -0.3 is 14.1 Å². The molecule has 1 aliphatic heterocycles. The molecule has 0 bridgehead atoms. The van der Waals surface area contributed by atoms with Crippen molar-refractivity contribution in [1.29, 1.82) is 5.16 Å². The maximum Gasteiger partial charge on any atom is 0.313 e. The van der Waals surface area contributed by atoms with Crippen LogP contribution in [0.1, 0.15) is 13.3 Å². The molecule has 0 saturated carbocycles. The van der Waals surface area contributed by atoms with Gasteiger partial charge in [-0.2, -0.15) is 0 Å². The van der Waals surface area contributed by atoms with Crippen LogP contribution in [0.25, 0.3) is 0 Å². The van der Waals surface area contributed by atoms with E-state index in [4.69, 9.17) is 4.74 Å². The van der Waals surface area contributed by atoms with Crippen molar-refractivity contribution >= 4 is 24.7 Å². The van der Waals surface area contributed by atoms with Crippen molar-refractivity contribution in [3.8, 4) is 0 Å². The Hall–Kier alpha value is -2.78. The first kappa shape index (κ1) is 20.9. The van der Waals surface area contributed by atoms with Crippen LogP contribution in [0, 0.1) is 11.1 Å². The fourth-order valence-electron chi connectivity index (χ4n) is 3.71. The summed E-state index contributed by atoms with van der Waals surface area (Å²) in [6.45, 7) is 11.6. The molecule has 3 rings (SSSR count). The third-order valence-electron chi connectivity index (χ3n) is 5.11. The monoisotopic (exact) mass is 409 g/mol. The van der Waals surface area contributed by atoms with Gasteiger partial charge in [-0.05, 0) is 37.6 Å². The van der Waals surface area contributed by atoms with Crippen LogP contribution in [-0.2, 0) is 9.53 Å². The zero-order valence-electron chi connectivity index (χ0n) is 16.8. The van der Waals surface area contributed by atoms with E-state index in [-0.39, 0.29) is 5.97 Å². The maximum atomic E-state index is 12.7. The number of benzene rings is 2. The molecule has 0 radical (unpaired) electrons. The van der Waals surface area contributed by atoms with Crippen molar-refractivity contribution in [2.24, 2.45) is 5.92 Å². The number of carbonyl (C=O) groups is 1. The number of para-hydroxylation sites is 2. The van der Waals surface area contributed by atoms with Gasteiger partial charge in [0.1, 0.15) is 0 Å². The van der Waals surface area contributed by atoms with Gasteiger partial charge in [0.05, 0.1) is 12.5 Å². The van der Waals surface area contributed by atoms with Gasteiger partial charge in [-0.15, -0.1) is 6.58 Å². The molecule has 2 aromatic carbocycles. The van der Waals surface area contributed by atoms with Crippen LogP contribution >= 0.6 is 7.36 Å². The van der Waals surface area contributed by atoms with Crippen LogP contribution in [0.2, 0.25) is 0 Å². The quantitative estimate of drug-likeness (QED) is 0.335. The van der Waals surface area contributed by atoms with Gasteiger partial charge in [-0.3, -0.25) is 9.96 Å². The predicted molar refractivity (Wildman–Crippen MR) is 121 cm³/mol. The molecule has 1 unspecified atom stereocenters. The van der Waals surface area contributed by atoms with Crippen LogP contribution in [0.4, 0.5) is 11.4 Å². The zero-order valence-corrected chi connectivity index (χ0v) is 17.7. The molecular formula is C23H28N3O2P. The molecule has 152 valence electrons. The van der Waals surface area contributed by atoms with E-state index in [1.807, 2.05) is 60.7 Å². The van der Waals surface area contributed by atoms with Crippen molar-refractivity contribution in [3.63, 3.8) is 0 Å². The lowest BCUT2D eigenvalue weighted by molar-refractivity contribution is -0.146. The molecule has 6 heteroatoms. The maximum absolute atomic E-state index is 12.7. The normalized spacial score (nSPS) is 16.3. The Morgan fingerprint density at radius 2 is 1.59 bits per heavy atom. The molecule has 1 atom stereocenters. The van der Waals surface area contributed by atoms with Crippen LogP contribution in [-0.4, -0.2) is 25.7 Å². The second-order valence-corrected chi connectivity index (χ2v) is 9.58. The van der Waals surface area contributed by atoms with Gasteiger partial charge in [0.15, 0.2) is 7.36 Å². The molecule has 0 aliphatic carbocycles. The number of hydrogen-bond acceptors (Lipinski definition) is 3.